The Morgan fingerprint density at radius 3 is 1.93 bits per heavy atom. The molecule has 0 fully saturated rings. The molecular formula is C32H44N2O6. The van der Waals surface area contributed by atoms with E-state index in [4.69, 9.17) is 4.74 Å². The second-order valence-electron chi connectivity index (χ2n) is 11.3. The van der Waals surface area contributed by atoms with Gasteiger partial charge < -0.3 is 20.5 Å². The number of ether oxygens (including phenoxy) is 1. The number of amides is 2. The first-order valence-electron chi connectivity index (χ1n) is 13.9. The third-order valence-electron chi connectivity index (χ3n) is 7.23. The summed E-state index contributed by atoms with van der Waals surface area (Å²) < 4.78 is 4.75. The molecule has 3 N–H and O–H groups in total. The van der Waals surface area contributed by atoms with Gasteiger partial charge in [0.2, 0.25) is 11.8 Å². The molecule has 0 aliphatic carbocycles. The van der Waals surface area contributed by atoms with E-state index < -0.39 is 29.3 Å². The number of hydrogen-bond acceptors (Lipinski definition) is 5. The van der Waals surface area contributed by atoms with Crippen LogP contribution in [0.15, 0.2) is 48.5 Å². The molecule has 0 aliphatic rings. The minimum atomic E-state index is -0.896. The number of aliphatic carboxylic acids is 1. The zero-order chi connectivity index (χ0) is 29.9. The highest BCUT2D eigenvalue weighted by Gasteiger charge is 2.35. The van der Waals surface area contributed by atoms with Gasteiger partial charge in [-0.05, 0) is 59.9 Å². The largest absolute Gasteiger partial charge is 0.481 e. The summed E-state index contributed by atoms with van der Waals surface area (Å²) in [6.07, 6.45) is 3.42. The number of unbranched alkanes of at least 4 members (excludes halogenated alkanes) is 1. The number of carbonyl (C=O) groups excluding carboxylic acids is 3. The van der Waals surface area contributed by atoms with Crippen LogP contribution in [-0.2, 0) is 25.5 Å². The number of hydrogen-bond donors (Lipinski definition) is 3. The summed E-state index contributed by atoms with van der Waals surface area (Å²) in [5.41, 5.74) is 2.93. The summed E-state index contributed by atoms with van der Waals surface area (Å²) in [6.45, 7) is 7.66. The number of rotatable bonds is 14. The van der Waals surface area contributed by atoms with E-state index in [1.807, 2.05) is 64.1 Å². The Kier molecular flexibility index (Phi) is 12.4. The first-order chi connectivity index (χ1) is 18.9. The third kappa shape index (κ3) is 9.50. The molecule has 8 heteroatoms. The van der Waals surface area contributed by atoms with Crippen LogP contribution in [0.1, 0.15) is 75.7 Å². The van der Waals surface area contributed by atoms with Crippen molar-refractivity contribution in [1.29, 1.82) is 0 Å². The SMILES string of the molecule is CCCC[C@@H](C[C@H](CCc1ccc(-c2ccc(C(=O)OC)cc2)cc1)C(=O)N[C@H](C(=O)NC)C(C)(C)C)C(=O)O. The molecule has 0 saturated heterocycles. The van der Waals surface area contributed by atoms with Crippen molar-refractivity contribution in [3.8, 4) is 11.1 Å². The zero-order valence-electron chi connectivity index (χ0n) is 24.6. The fraction of sp³-hybridized carbons (Fsp3) is 0.500. The number of aryl methyl sites for hydroxylation is 1. The monoisotopic (exact) mass is 552 g/mol. The molecule has 2 amide bonds. The van der Waals surface area contributed by atoms with Crippen molar-refractivity contribution >= 4 is 23.8 Å². The number of methoxy groups -OCH3 is 1. The Morgan fingerprint density at radius 1 is 0.875 bits per heavy atom. The Morgan fingerprint density at radius 2 is 1.45 bits per heavy atom. The van der Waals surface area contributed by atoms with Gasteiger partial charge in [-0.3, -0.25) is 14.4 Å². The Balaban J connectivity index is 2.21. The molecule has 3 atom stereocenters. The molecule has 0 radical (unpaired) electrons. The van der Waals surface area contributed by atoms with Crippen LogP contribution in [0.4, 0.5) is 0 Å². The average Bonchev–Trinajstić information content (AvgIpc) is 2.94. The number of esters is 1. The van der Waals surface area contributed by atoms with Gasteiger partial charge in [0.15, 0.2) is 0 Å². The van der Waals surface area contributed by atoms with E-state index in [0.29, 0.717) is 24.8 Å². The highest BCUT2D eigenvalue weighted by molar-refractivity contribution is 5.90. The Bertz CT molecular complexity index is 1140. The molecule has 2 aromatic rings. The highest BCUT2D eigenvalue weighted by atomic mass is 16.5. The van der Waals surface area contributed by atoms with Gasteiger partial charge in [-0.1, -0.05) is 76.9 Å². The number of likely N-dealkylation sites (N-methyl/N-ethyl adjacent to an activating group) is 1. The molecule has 0 aliphatic heterocycles. The minimum Gasteiger partial charge on any atom is -0.481 e. The first-order valence-corrected chi connectivity index (χ1v) is 13.9. The highest BCUT2D eigenvalue weighted by Crippen LogP contribution is 2.27. The molecule has 0 bridgehead atoms. The maximum atomic E-state index is 13.5. The quantitative estimate of drug-likeness (QED) is 0.275. The van der Waals surface area contributed by atoms with Crippen molar-refractivity contribution in [2.45, 2.75) is 72.3 Å². The van der Waals surface area contributed by atoms with Gasteiger partial charge in [0, 0.05) is 13.0 Å². The summed E-state index contributed by atoms with van der Waals surface area (Å²) in [4.78, 5) is 49.7. The average molecular weight is 553 g/mol. The maximum Gasteiger partial charge on any atom is 0.337 e. The van der Waals surface area contributed by atoms with E-state index in [0.717, 1.165) is 29.5 Å². The van der Waals surface area contributed by atoms with E-state index in [-0.39, 0.29) is 24.2 Å². The Labute approximate surface area is 237 Å². The predicted molar refractivity (Wildman–Crippen MR) is 156 cm³/mol. The van der Waals surface area contributed by atoms with Crippen molar-refractivity contribution in [2.24, 2.45) is 17.3 Å². The topological polar surface area (TPSA) is 122 Å². The lowest BCUT2D eigenvalue weighted by Crippen LogP contribution is -2.54. The van der Waals surface area contributed by atoms with Crippen molar-refractivity contribution in [2.75, 3.05) is 14.2 Å². The fourth-order valence-electron chi connectivity index (χ4n) is 4.69. The molecule has 0 heterocycles. The van der Waals surface area contributed by atoms with E-state index in [2.05, 4.69) is 10.6 Å². The lowest BCUT2D eigenvalue weighted by atomic mass is 9.83. The van der Waals surface area contributed by atoms with Crippen LogP contribution < -0.4 is 10.6 Å². The van der Waals surface area contributed by atoms with Gasteiger partial charge in [0.1, 0.15) is 6.04 Å². The van der Waals surface area contributed by atoms with E-state index in [1.54, 1.807) is 12.1 Å². The number of carboxylic acid groups (broad SMARTS) is 1. The smallest absolute Gasteiger partial charge is 0.337 e. The van der Waals surface area contributed by atoms with Crippen LogP contribution in [0.2, 0.25) is 0 Å². The summed E-state index contributed by atoms with van der Waals surface area (Å²) in [5.74, 6) is -3.04. The van der Waals surface area contributed by atoms with Crippen molar-refractivity contribution in [1.82, 2.24) is 10.6 Å². The summed E-state index contributed by atoms with van der Waals surface area (Å²) in [5, 5.41) is 15.4. The fourth-order valence-corrected chi connectivity index (χ4v) is 4.69. The number of carbonyl (C=O) groups is 4. The molecule has 2 aromatic carbocycles. The van der Waals surface area contributed by atoms with Crippen molar-refractivity contribution in [3.05, 3.63) is 59.7 Å². The number of benzene rings is 2. The van der Waals surface area contributed by atoms with Crippen LogP contribution in [0, 0.1) is 17.3 Å². The van der Waals surface area contributed by atoms with Crippen LogP contribution in [-0.4, -0.2) is 49.1 Å². The molecule has 2 rings (SSSR count). The molecule has 0 saturated carbocycles. The second-order valence-corrected chi connectivity index (χ2v) is 11.3. The van der Waals surface area contributed by atoms with Crippen LogP contribution in [0.3, 0.4) is 0 Å². The van der Waals surface area contributed by atoms with Gasteiger partial charge in [0.25, 0.3) is 0 Å². The zero-order valence-corrected chi connectivity index (χ0v) is 24.6. The summed E-state index contributed by atoms with van der Waals surface area (Å²) >= 11 is 0. The molecule has 40 heavy (non-hydrogen) atoms. The van der Waals surface area contributed by atoms with Crippen molar-refractivity contribution in [3.63, 3.8) is 0 Å². The first kappa shape index (κ1) is 32.5. The lowest BCUT2D eigenvalue weighted by molar-refractivity contribution is -0.143. The molecule has 8 nitrogen and oxygen atoms in total. The van der Waals surface area contributed by atoms with Gasteiger partial charge >= 0.3 is 11.9 Å². The second kappa shape index (κ2) is 15.2. The van der Waals surface area contributed by atoms with E-state index in [1.165, 1.54) is 14.2 Å². The van der Waals surface area contributed by atoms with Crippen LogP contribution >= 0.6 is 0 Å². The molecular weight excluding hydrogens is 508 g/mol. The van der Waals surface area contributed by atoms with Crippen LogP contribution in [0.25, 0.3) is 11.1 Å². The lowest BCUT2D eigenvalue weighted by Gasteiger charge is -2.31. The molecule has 0 aromatic heterocycles. The number of nitrogens with one attached hydrogen (secondary N) is 2. The van der Waals surface area contributed by atoms with Crippen LogP contribution in [0.5, 0.6) is 0 Å². The van der Waals surface area contributed by atoms with Gasteiger partial charge in [-0.15, -0.1) is 0 Å². The number of carboxylic acids is 1. The minimum absolute atomic E-state index is 0.219. The van der Waals surface area contributed by atoms with Gasteiger partial charge in [-0.2, -0.15) is 0 Å². The summed E-state index contributed by atoms with van der Waals surface area (Å²) in [7, 11) is 2.88. The standard InChI is InChI=1S/C32H44N2O6/c1-7-8-9-26(30(37)38)20-25(28(35)34-27(29(36)33-5)32(2,3)4)15-12-21-10-13-22(14-11-21)23-16-18-24(19-17-23)31(39)40-6/h10-11,13-14,16-19,25-27H,7-9,12,15,20H2,1-6H3,(H,33,36)(H,34,35)(H,37,38)/t25-,26-,27+/m0/s1. The van der Waals surface area contributed by atoms with Gasteiger partial charge in [0.05, 0.1) is 18.6 Å². The normalized spacial score (nSPS) is 13.6. The molecule has 218 valence electrons. The molecule has 0 unspecified atom stereocenters. The Hall–Kier alpha value is -3.68. The van der Waals surface area contributed by atoms with E-state index in [9.17, 15) is 24.3 Å². The third-order valence-corrected chi connectivity index (χ3v) is 7.23. The van der Waals surface area contributed by atoms with E-state index >= 15 is 0 Å². The predicted octanol–water partition coefficient (Wildman–Crippen LogP) is 5.25. The maximum absolute atomic E-state index is 13.5. The van der Waals surface area contributed by atoms with Crippen molar-refractivity contribution < 1.29 is 29.0 Å². The van der Waals surface area contributed by atoms with Gasteiger partial charge in [-0.25, -0.2) is 4.79 Å². The molecule has 0 spiro atoms. The summed E-state index contributed by atoms with van der Waals surface area (Å²) in [6, 6.07) is 14.4.